The zero-order valence-electron chi connectivity index (χ0n) is 10.6. The first-order valence-corrected chi connectivity index (χ1v) is 5.53. The summed E-state index contributed by atoms with van der Waals surface area (Å²) in [6.45, 7) is 7.94. The number of hydrogen-bond acceptors (Lipinski definition) is 4. The van der Waals surface area contributed by atoms with Gasteiger partial charge in [0, 0.05) is 7.05 Å². The van der Waals surface area contributed by atoms with Gasteiger partial charge in [-0.2, -0.15) is 0 Å². The Morgan fingerprint density at radius 2 is 2.12 bits per heavy atom. The van der Waals surface area contributed by atoms with E-state index in [0.717, 1.165) is 0 Å². The third-order valence-corrected chi connectivity index (χ3v) is 2.19. The Bertz CT molecular complexity index is 287. The first-order chi connectivity index (χ1) is 7.57. The van der Waals surface area contributed by atoms with Crippen LogP contribution in [0.4, 0.5) is 0 Å². The highest BCUT2D eigenvalue weighted by molar-refractivity contribution is 6.07. The van der Waals surface area contributed by atoms with Crippen LogP contribution < -0.4 is 0 Å². The molecule has 1 aliphatic heterocycles. The molecule has 0 aromatic heterocycles. The topological polar surface area (TPSA) is 59.0 Å². The van der Waals surface area contributed by atoms with Crippen LogP contribution in [0.5, 0.6) is 0 Å². The van der Waals surface area contributed by atoms with Gasteiger partial charge >= 0.3 is 5.97 Å². The van der Waals surface area contributed by atoms with Crippen molar-refractivity contribution >= 4 is 17.7 Å². The lowest BCUT2D eigenvalue weighted by Crippen LogP contribution is -2.45. The van der Waals surface area contributed by atoms with Crippen LogP contribution in [-0.4, -0.2) is 42.8 Å². The monoisotopic (exact) mass is 228 g/mol. The molecule has 5 heteroatoms. The first kappa shape index (κ1) is 14.6. The fraction of sp³-hybridized carbons (Fsp3) is 0.727. The van der Waals surface area contributed by atoms with E-state index in [1.165, 1.54) is 4.90 Å². The van der Waals surface area contributed by atoms with Crippen LogP contribution in [-0.2, 0) is 14.3 Å². The standard InChI is InChI=1S/C9H14N2O3.C2H6/c1-4-14-9(13)7-5-10-6(2)11(3)8(7)12;1-2/h7H,4-5H2,1-3H3;1-2H3. The smallest absolute Gasteiger partial charge is 0.320 e. The van der Waals surface area contributed by atoms with Gasteiger partial charge in [-0.3, -0.25) is 14.6 Å². The molecule has 0 bridgehead atoms. The lowest BCUT2D eigenvalue weighted by atomic mass is 10.1. The molecule has 1 atom stereocenters. The van der Waals surface area contributed by atoms with Crippen LogP contribution in [0, 0.1) is 5.92 Å². The number of esters is 1. The molecular formula is C11H20N2O3. The lowest BCUT2D eigenvalue weighted by Gasteiger charge is -2.25. The van der Waals surface area contributed by atoms with E-state index in [4.69, 9.17) is 4.74 Å². The Morgan fingerprint density at radius 1 is 1.56 bits per heavy atom. The van der Waals surface area contributed by atoms with E-state index in [2.05, 4.69) is 4.99 Å². The van der Waals surface area contributed by atoms with Gasteiger partial charge in [-0.05, 0) is 13.8 Å². The third-order valence-electron chi connectivity index (χ3n) is 2.19. The minimum Gasteiger partial charge on any atom is -0.465 e. The second-order valence-electron chi connectivity index (χ2n) is 3.09. The molecule has 0 aliphatic carbocycles. The van der Waals surface area contributed by atoms with E-state index in [9.17, 15) is 9.59 Å². The Hall–Kier alpha value is -1.39. The van der Waals surface area contributed by atoms with Gasteiger partial charge in [0.2, 0.25) is 5.91 Å². The van der Waals surface area contributed by atoms with Crippen molar-refractivity contribution in [3.63, 3.8) is 0 Å². The summed E-state index contributed by atoms with van der Waals surface area (Å²) >= 11 is 0. The second-order valence-corrected chi connectivity index (χ2v) is 3.09. The molecule has 16 heavy (non-hydrogen) atoms. The highest BCUT2D eigenvalue weighted by atomic mass is 16.5. The lowest BCUT2D eigenvalue weighted by molar-refractivity contribution is -0.153. The van der Waals surface area contributed by atoms with Crippen LogP contribution in [0.1, 0.15) is 27.7 Å². The van der Waals surface area contributed by atoms with Crippen LogP contribution in [0.2, 0.25) is 0 Å². The van der Waals surface area contributed by atoms with Crippen molar-refractivity contribution in [2.75, 3.05) is 20.2 Å². The number of rotatable bonds is 2. The average molecular weight is 228 g/mol. The number of amides is 1. The molecule has 0 saturated carbocycles. The van der Waals surface area contributed by atoms with E-state index < -0.39 is 11.9 Å². The largest absolute Gasteiger partial charge is 0.465 e. The van der Waals surface area contributed by atoms with Crippen molar-refractivity contribution < 1.29 is 14.3 Å². The van der Waals surface area contributed by atoms with Crippen LogP contribution >= 0.6 is 0 Å². The van der Waals surface area contributed by atoms with Crippen LogP contribution in [0.3, 0.4) is 0 Å². The van der Waals surface area contributed by atoms with Crippen molar-refractivity contribution in [1.29, 1.82) is 0 Å². The summed E-state index contributed by atoms with van der Waals surface area (Å²) in [5, 5.41) is 0. The van der Waals surface area contributed by atoms with Gasteiger partial charge in [-0.25, -0.2) is 0 Å². The molecular weight excluding hydrogens is 208 g/mol. The number of aliphatic imine (C=N–C) groups is 1. The molecule has 0 spiro atoms. The maximum atomic E-state index is 11.6. The fourth-order valence-electron chi connectivity index (χ4n) is 1.22. The predicted octanol–water partition coefficient (Wildman–Crippen LogP) is 1.08. The number of carbonyl (C=O) groups is 2. The van der Waals surface area contributed by atoms with Crippen molar-refractivity contribution in [2.24, 2.45) is 10.9 Å². The molecule has 1 amide bonds. The molecule has 0 N–H and O–H groups in total. The van der Waals surface area contributed by atoms with E-state index >= 15 is 0 Å². The van der Waals surface area contributed by atoms with Gasteiger partial charge in [0.25, 0.3) is 0 Å². The zero-order chi connectivity index (χ0) is 12.7. The number of ether oxygens (including phenoxy) is 1. The van der Waals surface area contributed by atoms with Crippen molar-refractivity contribution in [1.82, 2.24) is 4.90 Å². The Labute approximate surface area is 96.5 Å². The first-order valence-electron chi connectivity index (χ1n) is 5.53. The molecule has 1 heterocycles. The Morgan fingerprint density at radius 3 is 2.62 bits per heavy atom. The van der Waals surface area contributed by atoms with Gasteiger partial charge in [-0.1, -0.05) is 13.8 Å². The van der Waals surface area contributed by atoms with Crippen molar-refractivity contribution in [3.05, 3.63) is 0 Å². The van der Waals surface area contributed by atoms with Gasteiger partial charge in [0.1, 0.15) is 5.84 Å². The van der Waals surface area contributed by atoms with Gasteiger partial charge in [0.05, 0.1) is 13.2 Å². The molecule has 0 radical (unpaired) electrons. The van der Waals surface area contributed by atoms with E-state index in [0.29, 0.717) is 5.84 Å². The second kappa shape index (κ2) is 6.98. The maximum Gasteiger partial charge on any atom is 0.320 e. The highest BCUT2D eigenvalue weighted by Crippen LogP contribution is 2.11. The van der Waals surface area contributed by atoms with E-state index in [1.54, 1.807) is 20.9 Å². The summed E-state index contributed by atoms with van der Waals surface area (Å²) in [5.74, 6) is -0.851. The molecule has 0 aromatic rings. The quantitative estimate of drug-likeness (QED) is 0.525. The van der Waals surface area contributed by atoms with Gasteiger partial charge in [-0.15, -0.1) is 0 Å². The number of hydrogen-bond donors (Lipinski definition) is 0. The fourth-order valence-corrected chi connectivity index (χ4v) is 1.22. The Balaban J connectivity index is 0.00000106. The molecule has 92 valence electrons. The molecule has 5 nitrogen and oxygen atoms in total. The van der Waals surface area contributed by atoms with Gasteiger partial charge in [0.15, 0.2) is 5.92 Å². The predicted molar refractivity (Wildman–Crippen MR) is 62.2 cm³/mol. The maximum absolute atomic E-state index is 11.6. The number of nitrogens with zero attached hydrogens (tertiary/aromatic N) is 2. The summed E-state index contributed by atoms with van der Waals surface area (Å²) in [4.78, 5) is 28.4. The minimum absolute atomic E-state index is 0.202. The van der Waals surface area contributed by atoms with Crippen molar-refractivity contribution in [3.8, 4) is 0 Å². The highest BCUT2D eigenvalue weighted by Gasteiger charge is 2.34. The zero-order valence-corrected chi connectivity index (χ0v) is 10.6. The molecule has 0 saturated heterocycles. The Kier molecular flexibility index (Phi) is 6.37. The molecule has 0 aromatic carbocycles. The molecule has 1 unspecified atom stereocenters. The van der Waals surface area contributed by atoms with Crippen LogP contribution in [0.15, 0.2) is 4.99 Å². The minimum atomic E-state index is -0.761. The molecule has 0 fully saturated rings. The summed E-state index contributed by atoms with van der Waals surface area (Å²) < 4.78 is 4.78. The summed E-state index contributed by atoms with van der Waals surface area (Å²) in [5.41, 5.74) is 0. The third kappa shape index (κ3) is 3.32. The van der Waals surface area contributed by atoms with Crippen molar-refractivity contribution in [2.45, 2.75) is 27.7 Å². The number of carbonyl (C=O) groups excluding carboxylic acids is 2. The van der Waals surface area contributed by atoms with Gasteiger partial charge < -0.3 is 9.64 Å². The summed E-state index contributed by atoms with van der Waals surface area (Å²) in [6.07, 6.45) is 0. The number of amidine groups is 1. The summed E-state index contributed by atoms with van der Waals surface area (Å²) in [6, 6.07) is 0. The SMILES string of the molecule is CC.CCOC(=O)C1CN=C(C)N(C)C1=O. The van der Waals surface area contributed by atoms with E-state index in [1.807, 2.05) is 13.8 Å². The summed E-state index contributed by atoms with van der Waals surface area (Å²) in [7, 11) is 1.60. The van der Waals surface area contributed by atoms with Crippen LogP contribution in [0.25, 0.3) is 0 Å². The average Bonchev–Trinajstić information content (AvgIpc) is 2.29. The molecule has 1 aliphatic rings. The van der Waals surface area contributed by atoms with E-state index in [-0.39, 0.29) is 19.1 Å². The normalized spacial score (nSPS) is 19.6. The molecule has 1 rings (SSSR count).